The molecule has 1 aliphatic rings. The van der Waals surface area contributed by atoms with Crippen molar-refractivity contribution in [1.29, 1.82) is 0 Å². The summed E-state index contributed by atoms with van der Waals surface area (Å²) in [5.41, 5.74) is 2.58. The maximum atomic E-state index is 11.5. The molecule has 0 unspecified atom stereocenters. The topological polar surface area (TPSA) is 26.3 Å². The summed E-state index contributed by atoms with van der Waals surface area (Å²) >= 11 is 1.62. The van der Waals surface area contributed by atoms with E-state index in [4.69, 9.17) is 4.74 Å². The van der Waals surface area contributed by atoms with Crippen molar-refractivity contribution in [3.63, 3.8) is 0 Å². The molecule has 2 aromatic rings. The van der Waals surface area contributed by atoms with E-state index in [-0.39, 0.29) is 5.97 Å². The highest BCUT2D eigenvalue weighted by Gasteiger charge is 2.25. The Morgan fingerprint density at radius 3 is 2.69 bits per heavy atom. The van der Waals surface area contributed by atoms with Crippen molar-refractivity contribution >= 4 is 29.1 Å². The lowest BCUT2D eigenvalue weighted by Gasteiger charge is -1.96. The Kier molecular flexibility index (Phi) is 2.11. The van der Waals surface area contributed by atoms with Crippen LogP contribution in [0.2, 0.25) is 0 Å². The van der Waals surface area contributed by atoms with Gasteiger partial charge in [0.15, 0.2) is 0 Å². The Balaban J connectivity index is 2.10. The molecule has 0 fully saturated rings. The van der Waals surface area contributed by atoms with E-state index in [9.17, 15) is 4.79 Å². The van der Waals surface area contributed by atoms with Crippen molar-refractivity contribution in [2.45, 2.75) is 0 Å². The molecule has 3 heteroatoms. The molecule has 0 aliphatic carbocycles. The number of hydrogen-bond acceptors (Lipinski definition) is 3. The van der Waals surface area contributed by atoms with Gasteiger partial charge in [-0.3, -0.25) is 0 Å². The van der Waals surface area contributed by atoms with Crippen LogP contribution < -0.4 is 0 Å². The second-order valence-corrected chi connectivity index (χ2v) is 4.28. The molecule has 0 amide bonds. The SMILES string of the molecule is O=C1O/C(=C\c2ccsc2)c2ccccc21. The summed E-state index contributed by atoms with van der Waals surface area (Å²) in [5, 5.41) is 4.01. The van der Waals surface area contributed by atoms with Gasteiger partial charge in [0.2, 0.25) is 0 Å². The van der Waals surface area contributed by atoms with Crippen LogP contribution in [0.3, 0.4) is 0 Å². The lowest BCUT2D eigenvalue weighted by Crippen LogP contribution is -1.92. The van der Waals surface area contributed by atoms with E-state index >= 15 is 0 Å². The fraction of sp³-hybridized carbons (Fsp3) is 0. The van der Waals surface area contributed by atoms with Gasteiger partial charge in [0, 0.05) is 5.56 Å². The highest BCUT2D eigenvalue weighted by atomic mass is 32.1. The first-order valence-corrected chi connectivity index (χ1v) is 5.84. The summed E-state index contributed by atoms with van der Waals surface area (Å²) < 4.78 is 5.23. The molecular weight excluding hydrogens is 220 g/mol. The lowest BCUT2D eigenvalue weighted by atomic mass is 10.1. The fourth-order valence-corrected chi connectivity index (χ4v) is 2.32. The number of rotatable bonds is 1. The summed E-state index contributed by atoms with van der Waals surface area (Å²) in [6, 6.07) is 9.42. The van der Waals surface area contributed by atoms with E-state index in [0.717, 1.165) is 11.1 Å². The minimum absolute atomic E-state index is 0.267. The number of cyclic esters (lactones) is 1. The highest BCUT2D eigenvalue weighted by Crippen LogP contribution is 2.31. The fourth-order valence-electron chi connectivity index (χ4n) is 1.70. The smallest absolute Gasteiger partial charge is 0.344 e. The number of ether oxygens (including phenoxy) is 1. The molecule has 1 aromatic carbocycles. The van der Waals surface area contributed by atoms with Crippen molar-refractivity contribution < 1.29 is 9.53 Å². The van der Waals surface area contributed by atoms with Crippen LogP contribution in [0.4, 0.5) is 0 Å². The third-order valence-corrected chi connectivity index (χ3v) is 3.16. The molecule has 16 heavy (non-hydrogen) atoms. The summed E-state index contributed by atoms with van der Waals surface area (Å²) in [6.45, 7) is 0. The number of thiophene rings is 1. The highest BCUT2D eigenvalue weighted by molar-refractivity contribution is 7.08. The van der Waals surface area contributed by atoms with Gasteiger partial charge >= 0.3 is 5.97 Å². The number of hydrogen-bond donors (Lipinski definition) is 0. The first-order chi connectivity index (χ1) is 7.84. The van der Waals surface area contributed by atoms with Crippen molar-refractivity contribution in [3.05, 3.63) is 57.8 Å². The Morgan fingerprint density at radius 1 is 1.12 bits per heavy atom. The molecule has 1 aliphatic heterocycles. The van der Waals surface area contributed by atoms with Gasteiger partial charge in [-0.05, 0) is 34.5 Å². The molecule has 0 N–H and O–H groups in total. The first kappa shape index (κ1) is 9.36. The van der Waals surface area contributed by atoms with Gasteiger partial charge in [0.1, 0.15) is 5.76 Å². The van der Waals surface area contributed by atoms with Crippen molar-refractivity contribution in [3.8, 4) is 0 Å². The molecular formula is C13H8O2S. The molecule has 0 saturated heterocycles. The Labute approximate surface area is 96.8 Å². The number of benzene rings is 1. The van der Waals surface area contributed by atoms with E-state index in [1.165, 1.54) is 0 Å². The molecule has 1 aromatic heterocycles. The number of esters is 1. The summed E-state index contributed by atoms with van der Waals surface area (Å²) in [7, 11) is 0. The summed E-state index contributed by atoms with van der Waals surface area (Å²) in [5.74, 6) is 0.371. The zero-order chi connectivity index (χ0) is 11.0. The molecule has 2 nitrogen and oxygen atoms in total. The van der Waals surface area contributed by atoms with E-state index in [1.54, 1.807) is 17.4 Å². The monoisotopic (exact) mass is 228 g/mol. The van der Waals surface area contributed by atoms with Gasteiger partial charge in [-0.25, -0.2) is 4.79 Å². The van der Waals surface area contributed by atoms with Gasteiger partial charge in [0.05, 0.1) is 5.56 Å². The maximum Gasteiger partial charge on any atom is 0.344 e. The van der Waals surface area contributed by atoms with Gasteiger partial charge in [-0.15, -0.1) is 0 Å². The first-order valence-electron chi connectivity index (χ1n) is 4.90. The summed E-state index contributed by atoms with van der Waals surface area (Å²) in [4.78, 5) is 11.5. The normalized spacial score (nSPS) is 16.2. The Morgan fingerprint density at radius 2 is 1.94 bits per heavy atom. The van der Waals surface area contributed by atoms with Crippen molar-refractivity contribution in [2.24, 2.45) is 0 Å². The van der Waals surface area contributed by atoms with E-state index in [0.29, 0.717) is 11.3 Å². The predicted octanol–water partition coefficient (Wildman–Crippen LogP) is 3.42. The average molecular weight is 228 g/mol. The van der Waals surface area contributed by atoms with Crippen LogP contribution in [0.25, 0.3) is 11.8 Å². The molecule has 0 saturated carbocycles. The zero-order valence-electron chi connectivity index (χ0n) is 8.34. The maximum absolute atomic E-state index is 11.5. The van der Waals surface area contributed by atoms with Crippen LogP contribution in [-0.4, -0.2) is 5.97 Å². The number of carbonyl (C=O) groups excluding carboxylic acids is 1. The van der Waals surface area contributed by atoms with E-state index in [2.05, 4.69) is 0 Å². The van der Waals surface area contributed by atoms with Crippen LogP contribution in [-0.2, 0) is 4.74 Å². The second-order valence-electron chi connectivity index (χ2n) is 3.50. The average Bonchev–Trinajstić information content (AvgIpc) is 2.90. The van der Waals surface area contributed by atoms with Crippen LogP contribution in [0, 0.1) is 0 Å². The molecule has 0 spiro atoms. The summed E-state index contributed by atoms with van der Waals surface area (Å²) in [6.07, 6.45) is 1.89. The molecule has 0 bridgehead atoms. The Hall–Kier alpha value is -1.87. The minimum atomic E-state index is -0.267. The molecule has 0 radical (unpaired) electrons. The third-order valence-electron chi connectivity index (χ3n) is 2.46. The largest absolute Gasteiger partial charge is 0.422 e. The Bertz CT molecular complexity index is 567. The van der Waals surface area contributed by atoms with Crippen molar-refractivity contribution in [1.82, 2.24) is 0 Å². The standard InChI is InChI=1S/C13H8O2S/c14-13-11-4-2-1-3-10(11)12(15-13)7-9-5-6-16-8-9/h1-8H/b12-7-. The zero-order valence-corrected chi connectivity index (χ0v) is 9.16. The van der Waals surface area contributed by atoms with Gasteiger partial charge in [-0.1, -0.05) is 18.2 Å². The molecule has 3 rings (SSSR count). The van der Waals surface area contributed by atoms with Gasteiger partial charge < -0.3 is 4.74 Å². The van der Waals surface area contributed by atoms with Crippen LogP contribution in [0.1, 0.15) is 21.5 Å². The van der Waals surface area contributed by atoms with Crippen LogP contribution in [0.5, 0.6) is 0 Å². The number of fused-ring (bicyclic) bond motifs is 1. The molecule has 78 valence electrons. The number of carbonyl (C=O) groups is 1. The van der Waals surface area contributed by atoms with Crippen LogP contribution >= 0.6 is 11.3 Å². The predicted molar refractivity (Wildman–Crippen MR) is 64.0 cm³/mol. The van der Waals surface area contributed by atoms with Crippen molar-refractivity contribution in [2.75, 3.05) is 0 Å². The van der Waals surface area contributed by atoms with Gasteiger partial charge in [0.25, 0.3) is 0 Å². The lowest BCUT2D eigenvalue weighted by molar-refractivity contribution is 0.0717. The molecule has 2 heterocycles. The van der Waals surface area contributed by atoms with Crippen LogP contribution in [0.15, 0.2) is 41.1 Å². The van der Waals surface area contributed by atoms with E-state index in [1.807, 2.05) is 41.1 Å². The quantitative estimate of drug-likeness (QED) is 0.699. The minimum Gasteiger partial charge on any atom is -0.422 e. The van der Waals surface area contributed by atoms with Gasteiger partial charge in [-0.2, -0.15) is 11.3 Å². The second kappa shape index (κ2) is 3.61. The third kappa shape index (κ3) is 1.46. The molecule has 0 atom stereocenters. The van der Waals surface area contributed by atoms with E-state index < -0.39 is 0 Å².